The second-order valence-electron chi connectivity index (χ2n) is 9.09. The van der Waals surface area contributed by atoms with E-state index in [4.69, 9.17) is 0 Å². The molecular formula is C32H27N. The lowest BCUT2D eigenvalue weighted by atomic mass is 9.88. The van der Waals surface area contributed by atoms with Crippen molar-refractivity contribution in [2.45, 2.75) is 26.2 Å². The van der Waals surface area contributed by atoms with Gasteiger partial charge < -0.3 is 4.57 Å². The van der Waals surface area contributed by atoms with Crippen molar-refractivity contribution < 1.29 is 0 Å². The minimum atomic E-state index is 0.386. The zero-order valence-corrected chi connectivity index (χ0v) is 19.1. The van der Waals surface area contributed by atoms with Crippen LogP contribution in [0.25, 0.3) is 39.9 Å². The molecule has 0 amide bonds. The molecule has 0 fully saturated rings. The maximum atomic E-state index is 2.49. The first kappa shape index (κ1) is 19.8. The van der Waals surface area contributed by atoms with Gasteiger partial charge in [-0.1, -0.05) is 91.0 Å². The van der Waals surface area contributed by atoms with Crippen molar-refractivity contribution in [2.24, 2.45) is 0 Å². The minimum absolute atomic E-state index is 0.386. The molecule has 1 aromatic heterocycles. The predicted molar refractivity (Wildman–Crippen MR) is 140 cm³/mol. The molecule has 33 heavy (non-hydrogen) atoms. The average Bonchev–Trinajstić information content (AvgIpc) is 3.19. The smallest absolute Gasteiger partial charge is 0.0540 e. The van der Waals surface area contributed by atoms with Gasteiger partial charge in [-0.25, -0.2) is 0 Å². The molecule has 0 bridgehead atoms. The SMILES string of the molecule is Cc1ccccc1-c1ccc(C2C=c3c(n(-c4ccccc4)c4ccccc34)=CC2)cc1C. The number of para-hydroxylation sites is 2. The number of fused-ring (bicyclic) bond motifs is 3. The Morgan fingerprint density at radius 2 is 1.42 bits per heavy atom. The van der Waals surface area contributed by atoms with Crippen LogP contribution in [-0.4, -0.2) is 4.57 Å². The Labute approximate surface area is 195 Å². The number of aromatic nitrogens is 1. The van der Waals surface area contributed by atoms with Gasteiger partial charge in [-0.2, -0.15) is 0 Å². The van der Waals surface area contributed by atoms with Gasteiger partial charge in [0.15, 0.2) is 0 Å². The molecule has 160 valence electrons. The van der Waals surface area contributed by atoms with Crippen LogP contribution in [0.3, 0.4) is 0 Å². The Morgan fingerprint density at radius 1 is 0.697 bits per heavy atom. The molecule has 1 atom stereocenters. The fourth-order valence-electron chi connectivity index (χ4n) is 5.35. The number of rotatable bonds is 3. The second kappa shape index (κ2) is 7.94. The first-order valence-electron chi connectivity index (χ1n) is 11.7. The van der Waals surface area contributed by atoms with E-state index in [0.29, 0.717) is 5.92 Å². The molecule has 1 nitrogen and oxygen atoms in total. The van der Waals surface area contributed by atoms with Gasteiger partial charge in [0.25, 0.3) is 0 Å². The molecule has 0 saturated carbocycles. The van der Waals surface area contributed by atoms with Crippen LogP contribution < -0.4 is 10.6 Å². The lowest BCUT2D eigenvalue weighted by Gasteiger charge is -2.17. The van der Waals surface area contributed by atoms with Crippen LogP contribution in [0.2, 0.25) is 0 Å². The molecule has 1 aliphatic rings. The van der Waals surface area contributed by atoms with Crippen LogP contribution in [0.15, 0.2) is 97.1 Å². The first-order chi connectivity index (χ1) is 16.2. The summed E-state index contributed by atoms with van der Waals surface area (Å²) in [6.07, 6.45) is 5.93. The Hall–Kier alpha value is -3.84. The molecule has 0 aliphatic heterocycles. The monoisotopic (exact) mass is 425 g/mol. The summed E-state index contributed by atoms with van der Waals surface area (Å²) in [5.74, 6) is 0.386. The molecule has 1 heterocycles. The van der Waals surface area contributed by atoms with Crippen molar-refractivity contribution in [3.8, 4) is 16.8 Å². The van der Waals surface area contributed by atoms with Crippen molar-refractivity contribution in [2.75, 3.05) is 0 Å². The summed E-state index contributed by atoms with van der Waals surface area (Å²) in [4.78, 5) is 0. The fraction of sp³-hybridized carbons (Fsp3) is 0.125. The maximum absolute atomic E-state index is 2.49. The third-order valence-electron chi connectivity index (χ3n) is 7.01. The number of hydrogen-bond acceptors (Lipinski definition) is 0. The highest BCUT2D eigenvalue weighted by atomic mass is 15.0. The van der Waals surface area contributed by atoms with Gasteiger partial charge in [0.1, 0.15) is 0 Å². The fourth-order valence-corrected chi connectivity index (χ4v) is 5.35. The Balaban J connectivity index is 1.48. The quantitative estimate of drug-likeness (QED) is 0.304. The lowest BCUT2D eigenvalue weighted by molar-refractivity contribution is 0.905. The first-order valence-corrected chi connectivity index (χ1v) is 11.7. The van der Waals surface area contributed by atoms with E-state index < -0.39 is 0 Å². The molecule has 0 radical (unpaired) electrons. The van der Waals surface area contributed by atoms with E-state index in [1.807, 2.05) is 0 Å². The minimum Gasteiger partial charge on any atom is -0.310 e. The zero-order valence-electron chi connectivity index (χ0n) is 19.1. The van der Waals surface area contributed by atoms with Crippen LogP contribution in [0.5, 0.6) is 0 Å². The summed E-state index contributed by atoms with van der Waals surface area (Å²) in [6, 6.07) is 35.2. The zero-order chi connectivity index (χ0) is 22.4. The molecule has 1 unspecified atom stereocenters. The van der Waals surface area contributed by atoms with E-state index in [0.717, 1.165) is 6.42 Å². The molecule has 6 rings (SSSR count). The molecular weight excluding hydrogens is 398 g/mol. The van der Waals surface area contributed by atoms with Crippen molar-refractivity contribution in [3.05, 3.63) is 124 Å². The Morgan fingerprint density at radius 3 is 2.24 bits per heavy atom. The average molecular weight is 426 g/mol. The van der Waals surface area contributed by atoms with E-state index in [1.165, 1.54) is 55.0 Å². The van der Waals surface area contributed by atoms with Gasteiger partial charge in [-0.05, 0) is 66.3 Å². The van der Waals surface area contributed by atoms with Crippen LogP contribution in [-0.2, 0) is 0 Å². The highest BCUT2D eigenvalue weighted by molar-refractivity contribution is 5.85. The van der Waals surface area contributed by atoms with E-state index in [9.17, 15) is 0 Å². The van der Waals surface area contributed by atoms with Gasteiger partial charge in [0, 0.05) is 27.6 Å². The predicted octanol–water partition coefficient (Wildman–Crippen LogP) is 6.66. The summed E-state index contributed by atoms with van der Waals surface area (Å²) >= 11 is 0. The molecule has 0 saturated heterocycles. The van der Waals surface area contributed by atoms with E-state index in [-0.39, 0.29) is 0 Å². The normalized spacial score (nSPS) is 15.0. The standard InChI is InChI=1S/C32H27N/c1-22-10-6-7-13-27(22)28-18-16-24(20-23(28)2)25-17-19-32-30(21-25)29-14-8-9-15-31(29)33(32)26-11-4-3-5-12-26/h3-16,18-21,25H,17H2,1-2H3. The van der Waals surface area contributed by atoms with E-state index in [2.05, 4.69) is 128 Å². The third-order valence-corrected chi connectivity index (χ3v) is 7.01. The Bertz CT molecular complexity index is 1600. The lowest BCUT2D eigenvalue weighted by Crippen LogP contribution is -2.31. The second-order valence-corrected chi connectivity index (χ2v) is 9.09. The van der Waals surface area contributed by atoms with E-state index in [1.54, 1.807) is 0 Å². The maximum Gasteiger partial charge on any atom is 0.0540 e. The third kappa shape index (κ3) is 3.32. The van der Waals surface area contributed by atoms with Crippen LogP contribution >= 0.6 is 0 Å². The number of benzene rings is 4. The summed E-state index contributed by atoms with van der Waals surface area (Å²) in [5, 5.41) is 3.99. The molecule has 0 spiro atoms. The van der Waals surface area contributed by atoms with Crippen molar-refractivity contribution in [1.29, 1.82) is 0 Å². The van der Waals surface area contributed by atoms with Gasteiger partial charge in [0.05, 0.1) is 5.52 Å². The summed E-state index contributed by atoms with van der Waals surface area (Å²) in [7, 11) is 0. The summed E-state index contributed by atoms with van der Waals surface area (Å²) < 4.78 is 2.41. The molecule has 1 aliphatic carbocycles. The largest absolute Gasteiger partial charge is 0.310 e. The molecule has 1 heteroatoms. The Kier molecular flexibility index (Phi) is 4.77. The number of hydrogen-bond donors (Lipinski definition) is 0. The number of aryl methyl sites for hydroxylation is 2. The van der Waals surface area contributed by atoms with Crippen molar-refractivity contribution in [1.82, 2.24) is 4.57 Å². The van der Waals surface area contributed by atoms with E-state index >= 15 is 0 Å². The van der Waals surface area contributed by atoms with Crippen molar-refractivity contribution >= 4 is 23.1 Å². The van der Waals surface area contributed by atoms with Crippen molar-refractivity contribution in [3.63, 3.8) is 0 Å². The summed E-state index contributed by atoms with van der Waals surface area (Å²) in [5.41, 5.74) is 9.21. The molecule has 0 N–H and O–H groups in total. The van der Waals surface area contributed by atoms with Crippen LogP contribution in [0.4, 0.5) is 0 Å². The molecule has 4 aromatic carbocycles. The van der Waals surface area contributed by atoms with Gasteiger partial charge in [0.2, 0.25) is 0 Å². The molecule has 5 aromatic rings. The van der Waals surface area contributed by atoms with Crippen LogP contribution in [0, 0.1) is 13.8 Å². The topological polar surface area (TPSA) is 4.93 Å². The summed E-state index contributed by atoms with van der Waals surface area (Å²) in [6.45, 7) is 4.43. The highest BCUT2D eigenvalue weighted by Gasteiger charge is 2.17. The van der Waals surface area contributed by atoms with Crippen LogP contribution in [0.1, 0.15) is 29.0 Å². The van der Waals surface area contributed by atoms with Gasteiger partial charge >= 0.3 is 0 Å². The van der Waals surface area contributed by atoms with Gasteiger partial charge in [-0.15, -0.1) is 0 Å². The number of nitrogens with zero attached hydrogens (tertiary/aromatic N) is 1. The highest BCUT2D eigenvalue weighted by Crippen LogP contribution is 2.31. The van der Waals surface area contributed by atoms with Gasteiger partial charge in [-0.3, -0.25) is 0 Å².